The normalized spacial score (nSPS) is 14.2. The molecule has 1 aliphatic carbocycles. The largest absolute Gasteiger partial charge is 0.357 e. The molecule has 1 aromatic carbocycles. The summed E-state index contributed by atoms with van der Waals surface area (Å²) < 4.78 is 1.97. The van der Waals surface area contributed by atoms with Crippen molar-refractivity contribution in [3.63, 3.8) is 0 Å². The SMILES string of the molecule is O=C(CSc1nnc(NC2CC2)s1)c1ccc(I)cc1. The van der Waals surface area contributed by atoms with Crippen LogP contribution in [0.3, 0.4) is 0 Å². The van der Waals surface area contributed by atoms with Crippen molar-refractivity contribution in [2.75, 3.05) is 11.1 Å². The number of ketones is 1. The zero-order chi connectivity index (χ0) is 13.9. The number of rotatable bonds is 6. The predicted molar refractivity (Wildman–Crippen MR) is 90.8 cm³/mol. The van der Waals surface area contributed by atoms with Crippen LogP contribution in [0.25, 0.3) is 0 Å². The Bertz CT molecular complexity index is 610. The third-order valence-electron chi connectivity index (χ3n) is 2.80. The zero-order valence-electron chi connectivity index (χ0n) is 10.5. The van der Waals surface area contributed by atoms with E-state index < -0.39 is 0 Å². The van der Waals surface area contributed by atoms with Crippen LogP contribution in [0.2, 0.25) is 0 Å². The highest BCUT2D eigenvalue weighted by Gasteiger charge is 2.22. The molecule has 7 heteroatoms. The Morgan fingerprint density at radius 2 is 2.10 bits per heavy atom. The molecule has 0 amide bonds. The number of Topliss-reactive ketones (excluding diaryl/α,β-unsaturated/α-hetero) is 1. The van der Waals surface area contributed by atoms with Gasteiger partial charge < -0.3 is 5.32 Å². The van der Waals surface area contributed by atoms with Gasteiger partial charge >= 0.3 is 0 Å². The predicted octanol–water partition coefficient (Wildman–Crippen LogP) is 3.69. The van der Waals surface area contributed by atoms with E-state index in [0.29, 0.717) is 11.8 Å². The molecule has 20 heavy (non-hydrogen) atoms. The van der Waals surface area contributed by atoms with Crippen LogP contribution in [0.15, 0.2) is 28.6 Å². The molecule has 0 spiro atoms. The van der Waals surface area contributed by atoms with Gasteiger partial charge in [0.2, 0.25) is 5.13 Å². The van der Waals surface area contributed by atoms with E-state index in [1.807, 2.05) is 24.3 Å². The van der Waals surface area contributed by atoms with Crippen molar-refractivity contribution in [3.05, 3.63) is 33.4 Å². The van der Waals surface area contributed by atoms with Gasteiger partial charge in [-0.2, -0.15) is 0 Å². The van der Waals surface area contributed by atoms with Gasteiger partial charge in [-0.05, 0) is 47.6 Å². The average molecular weight is 417 g/mol. The molecule has 0 aliphatic heterocycles. The molecule has 1 aromatic heterocycles. The molecule has 0 atom stereocenters. The minimum Gasteiger partial charge on any atom is -0.357 e. The van der Waals surface area contributed by atoms with Crippen LogP contribution >= 0.6 is 45.7 Å². The number of hydrogen-bond acceptors (Lipinski definition) is 6. The fourth-order valence-corrected chi connectivity index (χ4v) is 3.66. The van der Waals surface area contributed by atoms with Crippen molar-refractivity contribution in [1.29, 1.82) is 0 Å². The smallest absolute Gasteiger partial charge is 0.206 e. The van der Waals surface area contributed by atoms with E-state index >= 15 is 0 Å². The van der Waals surface area contributed by atoms with Crippen molar-refractivity contribution < 1.29 is 4.79 Å². The molecule has 1 aliphatic rings. The van der Waals surface area contributed by atoms with E-state index in [-0.39, 0.29) is 5.78 Å². The number of aromatic nitrogens is 2. The van der Waals surface area contributed by atoms with E-state index in [9.17, 15) is 4.79 Å². The number of carbonyl (C=O) groups is 1. The van der Waals surface area contributed by atoms with E-state index in [0.717, 1.165) is 18.6 Å². The number of nitrogens with zero attached hydrogens (tertiary/aromatic N) is 2. The molecule has 4 nitrogen and oxygen atoms in total. The molecule has 0 radical (unpaired) electrons. The third kappa shape index (κ3) is 3.92. The van der Waals surface area contributed by atoms with E-state index in [2.05, 4.69) is 38.1 Å². The average Bonchev–Trinajstić information content (AvgIpc) is 3.14. The number of halogens is 1. The third-order valence-corrected chi connectivity index (χ3v) is 5.51. The molecule has 1 saturated carbocycles. The van der Waals surface area contributed by atoms with Crippen molar-refractivity contribution in [2.45, 2.75) is 23.2 Å². The maximum Gasteiger partial charge on any atom is 0.206 e. The maximum atomic E-state index is 12.0. The van der Waals surface area contributed by atoms with Crippen molar-refractivity contribution >= 4 is 56.6 Å². The van der Waals surface area contributed by atoms with Crippen LogP contribution in [0.1, 0.15) is 23.2 Å². The van der Waals surface area contributed by atoms with Gasteiger partial charge in [-0.15, -0.1) is 10.2 Å². The first-order valence-electron chi connectivity index (χ1n) is 6.22. The van der Waals surface area contributed by atoms with Gasteiger partial charge in [0.1, 0.15) is 0 Å². The lowest BCUT2D eigenvalue weighted by Gasteiger charge is -1.99. The minimum atomic E-state index is 0.123. The molecule has 104 valence electrons. The summed E-state index contributed by atoms with van der Waals surface area (Å²) in [4.78, 5) is 12.0. The molecule has 1 fully saturated rings. The first-order chi connectivity index (χ1) is 9.70. The number of nitrogens with one attached hydrogen (secondary N) is 1. The van der Waals surface area contributed by atoms with Crippen LogP contribution in [0.4, 0.5) is 5.13 Å². The topological polar surface area (TPSA) is 54.9 Å². The number of hydrogen-bond donors (Lipinski definition) is 1. The molecule has 1 N–H and O–H groups in total. The highest BCUT2D eigenvalue weighted by atomic mass is 127. The summed E-state index contributed by atoms with van der Waals surface area (Å²) in [7, 11) is 0. The van der Waals surface area contributed by atoms with Gasteiger partial charge in [-0.1, -0.05) is 35.2 Å². The summed E-state index contributed by atoms with van der Waals surface area (Å²) in [5.74, 6) is 0.525. The van der Waals surface area contributed by atoms with Crippen LogP contribution in [-0.2, 0) is 0 Å². The second-order valence-corrected chi connectivity index (χ2v) is 7.96. The van der Waals surface area contributed by atoms with Gasteiger partial charge in [0.25, 0.3) is 0 Å². The van der Waals surface area contributed by atoms with Crippen molar-refractivity contribution in [3.8, 4) is 0 Å². The molecule has 3 rings (SSSR count). The Balaban J connectivity index is 1.54. The molecule has 2 aromatic rings. The Kier molecular flexibility index (Phi) is 4.57. The van der Waals surface area contributed by atoms with Crippen LogP contribution in [0.5, 0.6) is 0 Å². The Morgan fingerprint density at radius 1 is 1.35 bits per heavy atom. The summed E-state index contributed by atoms with van der Waals surface area (Å²) >= 11 is 5.19. The molecule has 1 heterocycles. The second kappa shape index (κ2) is 6.40. The van der Waals surface area contributed by atoms with Crippen molar-refractivity contribution in [1.82, 2.24) is 10.2 Å². The summed E-state index contributed by atoms with van der Waals surface area (Å²) in [5, 5.41) is 12.3. The minimum absolute atomic E-state index is 0.123. The van der Waals surface area contributed by atoms with Gasteiger partial charge in [-0.3, -0.25) is 4.79 Å². The Labute approximate surface area is 138 Å². The standard InChI is InChI=1S/C13H12IN3OS2/c14-9-3-1-8(2-4-9)11(18)7-19-13-17-16-12(20-13)15-10-5-6-10/h1-4,10H,5-7H2,(H,15,16). The van der Waals surface area contributed by atoms with Gasteiger partial charge in [0, 0.05) is 15.2 Å². The molecule has 0 saturated heterocycles. The van der Waals surface area contributed by atoms with Gasteiger partial charge in [-0.25, -0.2) is 0 Å². The van der Waals surface area contributed by atoms with E-state index in [1.165, 1.54) is 35.9 Å². The molecule has 0 unspecified atom stereocenters. The number of benzene rings is 1. The summed E-state index contributed by atoms with van der Waals surface area (Å²) in [6, 6.07) is 8.20. The number of carbonyl (C=O) groups excluding carboxylic acids is 1. The lowest BCUT2D eigenvalue weighted by molar-refractivity contribution is 0.102. The monoisotopic (exact) mass is 417 g/mol. The highest BCUT2D eigenvalue weighted by molar-refractivity contribution is 14.1. The fourth-order valence-electron chi connectivity index (χ4n) is 1.58. The molecule has 0 bridgehead atoms. The van der Waals surface area contributed by atoms with Gasteiger partial charge in [0.05, 0.1) is 5.75 Å². The van der Waals surface area contributed by atoms with Crippen LogP contribution in [-0.4, -0.2) is 27.8 Å². The number of thioether (sulfide) groups is 1. The quantitative estimate of drug-likeness (QED) is 0.442. The summed E-state index contributed by atoms with van der Waals surface area (Å²) in [6.45, 7) is 0. The highest BCUT2D eigenvalue weighted by Crippen LogP contribution is 2.30. The van der Waals surface area contributed by atoms with Gasteiger partial charge in [0.15, 0.2) is 10.1 Å². The lowest BCUT2D eigenvalue weighted by Crippen LogP contribution is -2.01. The molecular formula is C13H12IN3OS2. The first kappa shape index (κ1) is 14.3. The van der Waals surface area contributed by atoms with E-state index in [1.54, 1.807) is 0 Å². The van der Waals surface area contributed by atoms with Crippen LogP contribution in [0, 0.1) is 3.57 Å². The summed E-state index contributed by atoms with van der Waals surface area (Å²) in [6.07, 6.45) is 2.43. The Morgan fingerprint density at radius 3 is 2.80 bits per heavy atom. The summed E-state index contributed by atoms with van der Waals surface area (Å²) in [5.41, 5.74) is 0.749. The fraction of sp³-hybridized carbons (Fsp3) is 0.308. The lowest BCUT2D eigenvalue weighted by atomic mass is 10.2. The first-order valence-corrected chi connectivity index (χ1v) is 9.10. The maximum absolute atomic E-state index is 12.0. The number of anilines is 1. The Hall–Kier alpha value is -0.670. The van der Waals surface area contributed by atoms with E-state index in [4.69, 9.17) is 0 Å². The zero-order valence-corrected chi connectivity index (χ0v) is 14.3. The molecular weight excluding hydrogens is 405 g/mol. The second-order valence-electron chi connectivity index (χ2n) is 4.51. The van der Waals surface area contributed by atoms with Crippen LogP contribution < -0.4 is 5.32 Å². The van der Waals surface area contributed by atoms with Crippen molar-refractivity contribution in [2.24, 2.45) is 0 Å².